The van der Waals surface area contributed by atoms with Gasteiger partial charge in [-0.15, -0.1) is 0 Å². The van der Waals surface area contributed by atoms with Crippen LogP contribution < -0.4 is 4.74 Å². The van der Waals surface area contributed by atoms with E-state index in [1.165, 1.54) is 24.8 Å². The molecule has 2 atom stereocenters. The molecule has 0 saturated heterocycles. The Morgan fingerprint density at radius 1 is 1.26 bits per heavy atom. The maximum Gasteiger partial charge on any atom is 0.119 e. The van der Waals surface area contributed by atoms with Crippen LogP contribution in [0.25, 0.3) is 0 Å². The fourth-order valence-corrected chi connectivity index (χ4v) is 2.76. The molecule has 0 radical (unpaired) electrons. The normalized spacial score (nSPS) is 23.3. The molecule has 0 spiro atoms. The van der Waals surface area contributed by atoms with Gasteiger partial charge in [0.05, 0.1) is 12.7 Å². The van der Waals surface area contributed by atoms with Crippen molar-refractivity contribution in [1.29, 1.82) is 0 Å². The Hall–Kier alpha value is -1.02. The minimum Gasteiger partial charge on any atom is -0.493 e. The minimum absolute atomic E-state index is 0.169. The molecule has 1 saturated carbocycles. The van der Waals surface area contributed by atoms with Crippen molar-refractivity contribution in [3.8, 4) is 5.75 Å². The number of aryl methyl sites for hydroxylation is 1. The van der Waals surface area contributed by atoms with Crippen molar-refractivity contribution >= 4 is 0 Å². The van der Waals surface area contributed by atoms with Crippen molar-refractivity contribution in [1.82, 2.24) is 0 Å². The summed E-state index contributed by atoms with van der Waals surface area (Å²) in [6.45, 7) is 2.86. The van der Waals surface area contributed by atoms with E-state index in [1.54, 1.807) is 0 Å². The van der Waals surface area contributed by atoms with Crippen molar-refractivity contribution in [2.24, 2.45) is 5.92 Å². The van der Waals surface area contributed by atoms with Gasteiger partial charge in [0.1, 0.15) is 5.75 Å². The number of aliphatic hydroxyl groups excluding tert-OH is 1. The van der Waals surface area contributed by atoms with Gasteiger partial charge in [0.15, 0.2) is 0 Å². The second-order valence-electron chi connectivity index (χ2n) is 5.67. The lowest BCUT2D eigenvalue weighted by molar-refractivity contribution is 0.0422. The minimum atomic E-state index is -0.169. The standard InChI is InChI=1S/C17H26O2/c1-2-3-7-14-8-6-10-16(12-14)19-13-15-9-4-5-11-17(15)18/h6,8,10,12,15,17-18H,2-5,7,9,11,13H2,1H3/t15-,17-/m1/s1. The van der Waals surface area contributed by atoms with Gasteiger partial charge >= 0.3 is 0 Å². The van der Waals surface area contributed by atoms with Crippen molar-refractivity contribution in [3.05, 3.63) is 29.8 Å². The average Bonchev–Trinajstić information content (AvgIpc) is 2.45. The zero-order valence-corrected chi connectivity index (χ0v) is 12.0. The van der Waals surface area contributed by atoms with Crippen LogP contribution in [-0.4, -0.2) is 17.8 Å². The highest BCUT2D eigenvalue weighted by Gasteiger charge is 2.23. The van der Waals surface area contributed by atoms with Gasteiger partial charge in [-0.3, -0.25) is 0 Å². The molecule has 0 amide bonds. The van der Waals surface area contributed by atoms with E-state index in [2.05, 4.69) is 25.1 Å². The first-order valence-electron chi connectivity index (χ1n) is 7.69. The molecule has 0 aromatic heterocycles. The van der Waals surface area contributed by atoms with Crippen LogP contribution in [0.15, 0.2) is 24.3 Å². The van der Waals surface area contributed by atoms with Crippen molar-refractivity contribution < 1.29 is 9.84 Å². The molecule has 0 heterocycles. The van der Waals surface area contributed by atoms with Gasteiger partial charge in [-0.05, 0) is 43.4 Å². The molecule has 1 aliphatic rings. The van der Waals surface area contributed by atoms with E-state index in [1.807, 2.05) is 6.07 Å². The Balaban J connectivity index is 1.84. The predicted octanol–water partition coefficient (Wildman–Crippen LogP) is 3.96. The zero-order chi connectivity index (χ0) is 13.5. The quantitative estimate of drug-likeness (QED) is 0.841. The van der Waals surface area contributed by atoms with Crippen molar-refractivity contribution in [2.75, 3.05) is 6.61 Å². The Labute approximate surface area is 116 Å². The highest BCUT2D eigenvalue weighted by molar-refractivity contribution is 5.28. The van der Waals surface area contributed by atoms with Crippen LogP contribution in [0, 0.1) is 5.92 Å². The van der Waals surface area contributed by atoms with Crippen LogP contribution >= 0.6 is 0 Å². The fourth-order valence-electron chi connectivity index (χ4n) is 2.76. The summed E-state index contributed by atoms with van der Waals surface area (Å²) in [6, 6.07) is 8.39. The number of hydrogen-bond donors (Lipinski definition) is 1. The molecule has 1 aliphatic carbocycles. The predicted molar refractivity (Wildman–Crippen MR) is 78.5 cm³/mol. The Morgan fingerprint density at radius 3 is 2.89 bits per heavy atom. The second kappa shape index (κ2) is 7.54. The molecule has 2 rings (SSSR count). The molecular formula is C17H26O2. The Morgan fingerprint density at radius 2 is 2.11 bits per heavy atom. The summed E-state index contributed by atoms with van der Waals surface area (Å²) in [5.74, 6) is 1.26. The molecule has 0 unspecified atom stereocenters. The molecule has 19 heavy (non-hydrogen) atoms. The first-order chi connectivity index (χ1) is 9.29. The van der Waals surface area contributed by atoms with Gasteiger partial charge in [0.25, 0.3) is 0 Å². The highest BCUT2D eigenvalue weighted by Crippen LogP contribution is 2.25. The summed E-state index contributed by atoms with van der Waals surface area (Å²) in [6.07, 6.45) is 7.81. The van der Waals surface area contributed by atoms with E-state index in [4.69, 9.17) is 4.74 Å². The molecular weight excluding hydrogens is 236 g/mol. The lowest BCUT2D eigenvalue weighted by atomic mass is 9.87. The number of benzene rings is 1. The van der Waals surface area contributed by atoms with Gasteiger partial charge in [0.2, 0.25) is 0 Å². The van der Waals surface area contributed by atoms with Crippen molar-refractivity contribution in [3.63, 3.8) is 0 Å². The lowest BCUT2D eigenvalue weighted by Gasteiger charge is -2.27. The summed E-state index contributed by atoms with van der Waals surface area (Å²) >= 11 is 0. The summed E-state index contributed by atoms with van der Waals surface area (Å²) in [4.78, 5) is 0. The summed E-state index contributed by atoms with van der Waals surface area (Å²) in [7, 11) is 0. The largest absolute Gasteiger partial charge is 0.493 e. The molecule has 1 aromatic rings. The fraction of sp³-hybridized carbons (Fsp3) is 0.647. The van der Waals surface area contributed by atoms with E-state index >= 15 is 0 Å². The SMILES string of the molecule is CCCCc1cccc(OC[C@H]2CCCC[C@H]2O)c1. The first-order valence-corrected chi connectivity index (χ1v) is 7.69. The number of aliphatic hydroxyl groups is 1. The number of rotatable bonds is 6. The Bertz CT molecular complexity index is 375. The third-order valence-electron chi connectivity index (χ3n) is 4.05. The van der Waals surface area contributed by atoms with Crippen LogP contribution in [0.2, 0.25) is 0 Å². The van der Waals surface area contributed by atoms with Gasteiger partial charge in [-0.25, -0.2) is 0 Å². The summed E-state index contributed by atoms with van der Waals surface area (Å²) in [5.41, 5.74) is 1.35. The van der Waals surface area contributed by atoms with Gasteiger partial charge in [-0.1, -0.05) is 38.3 Å². The summed E-state index contributed by atoms with van der Waals surface area (Å²) in [5, 5.41) is 9.94. The third-order valence-corrected chi connectivity index (χ3v) is 4.05. The van der Waals surface area contributed by atoms with E-state index in [-0.39, 0.29) is 6.10 Å². The number of hydrogen-bond acceptors (Lipinski definition) is 2. The molecule has 2 heteroatoms. The maximum atomic E-state index is 9.94. The van der Waals surface area contributed by atoms with Crippen LogP contribution in [0.3, 0.4) is 0 Å². The van der Waals surface area contributed by atoms with Crippen molar-refractivity contribution in [2.45, 2.75) is 58.0 Å². The zero-order valence-electron chi connectivity index (χ0n) is 12.0. The molecule has 106 valence electrons. The van der Waals surface area contributed by atoms with Gasteiger partial charge in [-0.2, -0.15) is 0 Å². The van der Waals surface area contributed by atoms with E-state index < -0.39 is 0 Å². The molecule has 0 bridgehead atoms. The molecule has 1 aromatic carbocycles. The topological polar surface area (TPSA) is 29.5 Å². The van der Waals surface area contributed by atoms with Crippen LogP contribution in [0.5, 0.6) is 5.75 Å². The highest BCUT2D eigenvalue weighted by atomic mass is 16.5. The molecule has 0 aliphatic heterocycles. The molecule has 2 nitrogen and oxygen atoms in total. The maximum absolute atomic E-state index is 9.94. The molecule has 1 fully saturated rings. The smallest absolute Gasteiger partial charge is 0.119 e. The van der Waals surface area contributed by atoms with E-state index in [0.29, 0.717) is 12.5 Å². The Kier molecular flexibility index (Phi) is 5.71. The molecule has 1 N–H and O–H groups in total. The average molecular weight is 262 g/mol. The van der Waals surface area contributed by atoms with E-state index in [0.717, 1.165) is 31.4 Å². The summed E-state index contributed by atoms with van der Waals surface area (Å²) < 4.78 is 5.88. The van der Waals surface area contributed by atoms with Crippen LogP contribution in [0.1, 0.15) is 51.0 Å². The second-order valence-corrected chi connectivity index (χ2v) is 5.67. The van der Waals surface area contributed by atoms with Gasteiger partial charge < -0.3 is 9.84 Å². The van der Waals surface area contributed by atoms with Crippen LogP contribution in [0.4, 0.5) is 0 Å². The monoisotopic (exact) mass is 262 g/mol. The van der Waals surface area contributed by atoms with Crippen LogP contribution in [-0.2, 0) is 6.42 Å². The first kappa shape index (κ1) is 14.4. The van der Waals surface area contributed by atoms with E-state index in [9.17, 15) is 5.11 Å². The number of unbranched alkanes of at least 4 members (excludes halogenated alkanes) is 1. The van der Waals surface area contributed by atoms with Gasteiger partial charge in [0, 0.05) is 5.92 Å². The lowest BCUT2D eigenvalue weighted by Crippen LogP contribution is -2.29. The number of ether oxygens (including phenoxy) is 1. The third kappa shape index (κ3) is 4.54.